The molecule has 0 spiro atoms. The van der Waals surface area contributed by atoms with Gasteiger partial charge in [-0.3, -0.25) is 14.5 Å². The van der Waals surface area contributed by atoms with Crippen LogP contribution in [-0.4, -0.2) is 70.7 Å². The minimum absolute atomic E-state index is 0.0255. The highest BCUT2D eigenvalue weighted by atomic mass is 35.5. The van der Waals surface area contributed by atoms with Gasteiger partial charge in [-0.2, -0.15) is 5.10 Å². The van der Waals surface area contributed by atoms with Gasteiger partial charge in [-0.1, -0.05) is 17.7 Å². The number of carbonyl (C=O) groups is 2. The summed E-state index contributed by atoms with van der Waals surface area (Å²) in [6.45, 7) is 5.64. The minimum Gasteiger partial charge on any atom is -0.355 e. The summed E-state index contributed by atoms with van der Waals surface area (Å²) in [5, 5.41) is 7.84. The van der Waals surface area contributed by atoms with Gasteiger partial charge in [-0.15, -0.1) is 0 Å². The molecule has 8 heteroatoms. The highest BCUT2D eigenvalue weighted by Crippen LogP contribution is 2.15. The molecular weight excluding hydrogens is 366 g/mol. The van der Waals surface area contributed by atoms with Crippen LogP contribution in [0.25, 0.3) is 5.69 Å². The SMILES string of the molecule is CCNC(=O)CN1CCCN(C(=O)c2ccn(-c3cccc(Cl)c3)n2)CC1. The van der Waals surface area contributed by atoms with E-state index in [9.17, 15) is 9.59 Å². The summed E-state index contributed by atoms with van der Waals surface area (Å²) in [7, 11) is 0. The van der Waals surface area contributed by atoms with Crippen LogP contribution in [0.2, 0.25) is 5.02 Å². The predicted molar refractivity (Wildman–Crippen MR) is 104 cm³/mol. The van der Waals surface area contributed by atoms with Crippen LogP contribution < -0.4 is 5.32 Å². The number of carbonyl (C=O) groups excluding carboxylic acids is 2. The Balaban J connectivity index is 1.62. The molecular formula is C19H24ClN5O2. The lowest BCUT2D eigenvalue weighted by molar-refractivity contribution is -0.122. The van der Waals surface area contributed by atoms with Gasteiger partial charge in [0.2, 0.25) is 5.91 Å². The lowest BCUT2D eigenvalue weighted by Crippen LogP contribution is -2.40. The van der Waals surface area contributed by atoms with Crippen molar-refractivity contribution in [2.45, 2.75) is 13.3 Å². The third-order valence-electron chi connectivity index (χ3n) is 4.50. The van der Waals surface area contributed by atoms with Crippen molar-refractivity contribution < 1.29 is 9.59 Å². The van der Waals surface area contributed by atoms with Gasteiger partial charge in [0.25, 0.3) is 5.91 Å². The molecule has 0 saturated carbocycles. The number of likely N-dealkylation sites (N-methyl/N-ethyl adjacent to an activating group) is 1. The van der Waals surface area contributed by atoms with Gasteiger partial charge >= 0.3 is 0 Å². The van der Waals surface area contributed by atoms with E-state index in [0.29, 0.717) is 43.4 Å². The summed E-state index contributed by atoms with van der Waals surface area (Å²) in [4.78, 5) is 28.5. The molecule has 1 saturated heterocycles. The fourth-order valence-electron chi connectivity index (χ4n) is 3.15. The Kier molecular flexibility index (Phi) is 6.47. The number of rotatable bonds is 5. The fraction of sp³-hybridized carbons (Fsp3) is 0.421. The smallest absolute Gasteiger partial charge is 0.274 e. The highest BCUT2D eigenvalue weighted by molar-refractivity contribution is 6.30. The average molecular weight is 390 g/mol. The second-order valence-electron chi connectivity index (χ2n) is 6.50. The van der Waals surface area contributed by atoms with E-state index >= 15 is 0 Å². The molecule has 3 rings (SSSR count). The van der Waals surface area contributed by atoms with Gasteiger partial charge in [-0.05, 0) is 37.6 Å². The Morgan fingerprint density at radius 1 is 1.19 bits per heavy atom. The first kappa shape index (κ1) is 19.4. The topological polar surface area (TPSA) is 70.5 Å². The summed E-state index contributed by atoms with van der Waals surface area (Å²) in [6.07, 6.45) is 2.60. The van der Waals surface area contributed by atoms with Crippen molar-refractivity contribution in [1.82, 2.24) is 24.9 Å². The first-order valence-electron chi connectivity index (χ1n) is 9.16. The van der Waals surface area contributed by atoms with Crippen molar-refractivity contribution >= 4 is 23.4 Å². The largest absolute Gasteiger partial charge is 0.355 e. The van der Waals surface area contributed by atoms with E-state index in [4.69, 9.17) is 11.6 Å². The van der Waals surface area contributed by atoms with E-state index in [2.05, 4.69) is 15.3 Å². The molecule has 2 heterocycles. The number of benzene rings is 1. The molecule has 1 fully saturated rings. The van der Waals surface area contributed by atoms with Gasteiger partial charge in [0.05, 0.1) is 12.2 Å². The first-order chi connectivity index (χ1) is 13.1. The highest BCUT2D eigenvalue weighted by Gasteiger charge is 2.23. The molecule has 0 radical (unpaired) electrons. The molecule has 0 bridgehead atoms. The van der Waals surface area contributed by atoms with Crippen molar-refractivity contribution in [2.24, 2.45) is 0 Å². The van der Waals surface area contributed by atoms with Gasteiger partial charge in [0, 0.05) is 43.9 Å². The predicted octanol–water partition coefficient (Wildman–Crippen LogP) is 1.81. The third-order valence-corrected chi connectivity index (χ3v) is 4.73. The van der Waals surface area contributed by atoms with Crippen molar-refractivity contribution in [2.75, 3.05) is 39.3 Å². The molecule has 0 unspecified atom stereocenters. The van der Waals surface area contributed by atoms with E-state index in [1.165, 1.54) is 0 Å². The molecule has 27 heavy (non-hydrogen) atoms. The Labute approximate surface area is 163 Å². The van der Waals surface area contributed by atoms with Crippen molar-refractivity contribution in [3.05, 3.63) is 47.2 Å². The molecule has 1 aliphatic rings. The number of nitrogens with one attached hydrogen (secondary N) is 1. The van der Waals surface area contributed by atoms with Crippen LogP contribution in [0.1, 0.15) is 23.8 Å². The Hall–Kier alpha value is -2.38. The van der Waals surface area contributed by atoms with E-state index in [-0.39, 0.29) is 11.8 Å². The van der Waals surface area contributed by atoms with E-state index in [1.807, 2.05) is 24.0 Å². The maximum Gasteiger partial charge on any atom is 0.274 e. The zero-order valence-corrected chi connectivity index (χ0v) is 16.2. The first-order valence-corrected chi connectivity index (χ1v) is 9.54. The number of amides is 2. The van der Waals surface area contributed by atoms with Crippen LogP contribution >= 0.6 is 11.6 Å². The van der Waals surface area contributed by atoms with Crippen LogP contribution in [0.5, 0.6) is 0 Å². The fourth-order valence-corrected chi connectivity index (χ4v) is 3.34. The molecule has 2 aromatic rings. The monoisotopic (exact) mass is 389 g/mol. The van der Waals surface area contributed by atoms with E-state index in [1.54, 1.807) is 29.1 Å². The number of nitrogens with zero attached hydrogens (tertiary/aromatic N) is 4. The molecule has 1 aromatic carbocycles. The second kappa shape index (κ2) is 9.01. The molecule has 1 aliphatic heterocycles. The van der Waals surface area contributed by atoms with Gasteiger partial charge < -0.3 is 10.2 Å². The van der Waals surface area contributed by atoms with Gasteiger partial charge in [-0.25, -0.2) is 4.68 Å². The molecule has 7 nitrogen and oxygen atoms in total. The van der Waals surface area contributed by atoms with Crippen molar-refractivity contribution in [3.8, 4) is 5.69 Å². The molecule has 0 atom stereocenters. The lowest BCUT2D eigenvalue weighted by atomic mass is 10.3. The number of halogens is 1. The average Bonchev–Trinajstić information content (AvgIpc) is 3.03. The molecule has 1 aromatic heterocycles. The number of hydrogen-bond acceptors (Lipinski definition) is 4. The number of aromatic nitrogens is 2. The lowest BCUT2D eigenvalue weighted by Gasteiger charge is -2.21. The Morgan fingerprint density at radius 2 is 2.04 bits per heavy atom. The van der Waals surface area contributed by atoms with Crippen LogP contribution in [0.3, 0.4) is 0 Å². The van der Waals surface area contributed by atoms with Gasteiger partial charge in [0.1, 0.15) is 0 Å². The second-order valence-corrected chi connectivity index (χ2v) is 6.94. The van der Waals surface area contributed by atoms with Crippen LogP contribution in [-0.2, 0) is 4.79 Å². The maximum absolute atomic E-state index is 12.8. The summed E-state index contributed by atoms with van der Waals surface area (Å²) < 4.78 is 1.65. The third kappa shape index (κ3) is 5.08. The summed E-state index contributed by atoms with van der Waals surface area (Å²) in [6, 6.07) is 9.05. The van der Waals surface area contributed by atoms with E-state index < -0.39 is 0 Å². The quantitative estimate of drug-likeness (QED) is 0.846. The van der Waals surface area contributed by atoms with Crippen LogP contribution in [0, 0.1) is 0 Å². The van der Waals surface area contributed by atoms with E-state index in [0.717, 1.165) is 18.7 Å². The molecule has 2 amide bonds. The summed E-state index contributed by atoms with van der Waals surface area (Å²) in [5.41, 5.74) is 1.22. The van der Waals surface area contributed by atoms with Gasteiger partial charge in [0.15, 0.2) is 5.69 Å². The zero-order chi connectivity index (χ0) is 19.2. The molecule has 1 N–H and O–H groups in total. The van der Waals surface area contributed by atoms with Crippen LogP contribution in [0.15, 0.2) is 36.5 Å². The maximum atomic E-state index is 12.8. The zero-order valence-electron chi connectivity index (χ0n) is 15.4. The standard InChI is InChI=1S/C19H24ClN5O2/c1-2-21-18(26)14-23-8-4-9-24(12-11-23)19(27)17-7-10-25(22-17)16-6-3-5-15(20)13-16/h3,5-7,10,13H,2,4,8-9,11-12,14H2,1H3,(H,21,26). The molecule has 144 valence electrons. The minimum atomic E-state index is -0.0874. The van der Waals surface area contributed by atoms with Crippen molar-refractivity contribution in [1.29, 1.82) is 0 Å². The Morgan fingerprint density at radius 3 is 2.81 bits per heavy atom. The summed E-state index contributed by atoms with van der Waals surface area (Å²) >= 11 is 6.02. The molecule has 0 aliphatic carbocycles. The van der Waals surface area contributed by atoms with Crippen molar-refractivity contribution in [3.63, 3.8) is 0 Å². The van der Waals surface area contributed by atoms with Crippen LogP contribution in [0.4, 0.5) is 0 Å². The Bertz CT molecular complexity index is 807. The normalized spacial score (nSPS) is 15.4. The summed E-state index contributed by atoms with van der Waals surface area (Å²) in [5.74, 6) is -0.0619. The number of hydrogen-bond donors (Lipinski definition) is 1.